The van der Waals surface area contributed by atoms with Gasteiger partial charge < -0.3 is 5.11 Å². The molecule has 3 heteroatoms. The van der Waals surface area contributed by atoms with Crippen LogP contribution in [0.25, 0.3) is 6.08 Å². The van der Waals surface area contributed by atoms with Crippen LogP contribution in [-0.2, 0) is 4.79 Å². The van der Waals surface area contributed by atoms with E-state index in [-0.39, 0.29) is 5.82 Å². The summed E-state index contributed by atoms with van der Waals surface area (Å²) >= 11 is 0. The van der Waals surface area contributed by atoms with Crippen LogP contribution in [0.2, 0.25) is 0 Å². The van der Waals surface area contributed by atoms with Crippen LogP contribution < -0.4 is 0 Å². The van der Waals surface area contributed by atoms with Gasteiger partial charge in [0.25, 0.3) is 0 Å². The highest BCUT2D eigenvalue weighted by Gasteiger charge is 1.88. The van der Waals surface area contributed by atoms with Gasteiger partial charge in [-0.2, -0.15) is 0 Å². The molecule has 0 atom stereocenters. The van der Waals surface area contributed by atoms with Crippen molar-refractivity contribution in [1.82, 2.24) is 0 Å². The molecule has 14 heavy (non-hydrogen) atoms. The van der Waals surface area contributed by atoms with Gasteiger partial charge >= 0.3 is 5.97 Å². The molecule has 1 aromatic carbocycles. The number of aliphatic carboxylic acids is 1. The van der Waals surface area contributed by atoms with Gasteiger partial charge in [0.2, 0.25) is 0 Å². The summed E-state index contributed by atoms with van der Waals surface area (Å²) in [4.78, 5) is 10.1. The van der Waals surface area contributed by atoms with Crippen LogP contribution in [0.1, 0.15) is 5.56 Å². The van der Waals surface area contributed by atoms with Crippen LogP contribution in [0.3, 0.4) is 0 Å². The van der Waals surface area contributed by atoms with Crippen LogP contribution in [0, 0.1) is 5.82 Å². The first-order chi connectivity index (χ1) is 6.68. The van der Waals surface area contributed by atoms with Crippen LogP contribution in [-0.4, -0.2) is 11.1 Å². The number of rotatable bonds is 3. The molecule has 0 saturated carbocycles. The molecular weight excluding hydrogens is 183 g/mol. The Bertz CT molecular complexity index is 381. The van der Waals surface area contributed by atoms with Crippen molar-refractivity contribution >= 4 is 12.0 Å². The Morgan fingerprint density at radius 3 is 2.79 bits per heavy atom. The lowest BCUT2D eigenvalue weighted by Gasteiger charge is -1.91. The standard InChI is InChI=1S/C11H9FO2/c12-10-6-3-5-9(8-10)4-1-2-7-11(13)14/h1-8H,(H,13,14)/b4-1+,7-2+. The van der Waals surface area contributed by atoms with Crippen LogP contribution in [0.4, 0.5) is 4.39 Å². The maximum atomic E-state index is 12.7. The third-order valence-corrected chi connectivity index (χ3v) is 1.49. The van der Waals surface area contributed by atoms with Gasteiger partial charge in [-0.3, -0.25) is 0 Å². The second-order valence-corrected chi connectivity index (χ2v) is 2.61. The highest BCUT2D eigenvalue weighted by Crippen LogP contribution is 2.05. The molecule has 72 valence electrons. The molecule has 1 rings (SSSR count). The van der Waals surface area contributed by atoms with Crippen molar-refractivity contribution < 1.29 is 14.3 Å². The molecule has 2 nitrogen and oxygen atoms in total. The van der Waals surface area contributed by atoms with Crippen LogP contribution >= 0.6 is 0 Å². The topological polar surface area (TPSA) is 37.3 Å². The van der Waals surface area contributed by atoms with Gasteiger partial charge in [-0.05, 0) is 17.7 Å². The zero-order valence-electron chi connectivity index (χ0n) is 7.35. The normalized spacial score (nSPS) is 11.2. The predicted molar refractivity (Wildman–Crippen MR) is 52.2 cm³/mol. The fourth-order valence-electron chi connectivity index (χ4n) is 0.915. The van der Waals surface area contributed by atoms with Gasteiger partial charge in [-0.15, -0.1) is 0 Å². The van der Waals surface area contributed by atoms with Gasteiger partial charge in [0.15, 0.2) is 0 Å². The maximum absolute atomic E-state index is 12.7. The van der Waals surface area contributed by atoms with Crippen molar-refractivity contribution in [2.24, 2.45) is 0 Å². The Hall–Kier alpha value is -1.90. The maximum Gasteiger partial charge on any atom is 0.328 e. The highest BCUT2D eigenvalue weighted by atomic mass is 19.1. The van der Waals surface area contributed by atoms with E-state index in [1.54, 1.807) is 24.3 Å². The van der Waals surface area contributed by atoms with E-state index in [0.717, 1.165) is 6.08 Å². The van der Waals surface area contributed by atoms with Gasteiger partial charge in [0, 0.05) is 6.08 Å². The summed E-state index contributed by atoms with van der Waals surface area (Å²) in [6.07, 6.45) is 5.56. The summed E-state index contributed by atoms with van der Waals surface area (Å²) in [6.45, 7) is 0. The fourth-order valence-corrected chi connectivity index (χ4v) is 0.915. The van der Waals surface area contributed by atoms with Gasteiger partial charge in [0.05, 0.1) is 0 Å². The number of hydrogen-bond acceptors (Lipinski definition) is 1. The second-order valence-electron chi connectivity index (χ2n) is 2.61. The molecule has 0 bridgehead atoms. The van der Waals surface area contributed by atoms with Crippen LogP contribution in [0.15, 0.2) is 42.5 Å². The van der Waals surface area contributed by atoms with E-state index in [2.05, 4.69) is 0 Å². The van der Waals surface area contributed by atoms with Crippen LogP contribution in [0.5, 0.6) is 0 Å². The average Bonchev–Trinajstić information content (AvgIpc) is 2.12. The summed E-state index contributed by atoms with van der Waals surface area (Å²) < 4.78 is 12.7. The zero-order chi connectivity index (χ0) is 10.4. The second kappa shape index (κ2) is 4.97. The summed E-state index contributed by atoms with van der Waals surface area (Å²) in [6, 6.07) is 6.04. The predicted octanol–water partition coefficient (Wildman–Crippen LogP) is 2.48. The van der Waals surface area contributed by atoms with E-state index in [1.165, 1.54) is 18.2 Å². The van der Waals surface area contributed by atoms with Crippen molar-refractivity contribution in [3.05, 3.63) is 53.9 Å². The van der Waals surface area contributed by atoms with Gasteiger partial charge in [-0.25, -0.2) is 9.18 Å². The molecular formula is C11H9FO2. The highest BCUT2D eigenvalue weighted by molar-refractivity contribution is 5.80. The average molecular weight is 192 g/mol. The largest absolute Gasteiger partial charge is 0.478 e. The smallest absolute Gasteiger partial charge is 0.328 e. The Kier molecular flexibility index (Phi) is 3.61. The molecule has 0 saturated heterocycles. The molecule has 0 aromatic heterocycles. The molecule has 0 aliphatic rings. The molecule has 0 spiro atoms. The van der Waals surface area contributed by atoms with Gasteiger partial charge in [0.1, 0.15) is 5.82 Å². The number of allylic oxidation sites excluding steroid dienone is 2. The Morgan fingerprint density at radius 1 is 1.36 bits per heavy atom. The number of halogens is 1. The van der Waals surface area contributed by atoms with Crippen molar-refractivity contribution in [2.75, 3.05) is 0 Å². The molecule has 1 N–H and O–H groups in total. The number of carboxylic acids is 1. The minimum atomic E-state index is -1.01. The minimum absolute atomic E-state index is 0.311. The third-order valence-electron chi connectivity index (χ3n) is 1.49. The lowest BCUT2D eigenvalue weighted by Crippen LogP contribution is -1.84. The third kappa shape index (κ3) is 3.67. The number of hydrogen-bond donors (Lipinski definition) is 1. The number of carbonyl (C=O) groups is 1. The monoisotopic (exact) mass is 192 g/mol. The first-order valence-electron chi connectivity index (χ1n) is 4.02. The van der Waals surface area contributed by atoms with Crippen molar-refractivity contribution in [3.8, 4) is 0 Å². The molecule has 0 fully saturated rings. The quantitative estimate of drug-likeness (QED) is 0.590. The first kappa shape index (κ1) is 10.2. The van der Waals surface area contributed by atoms with E-state index in [0.29, 0.717) is 5.56 Å². The van der Waals surface area contributed by atoms with E-state index >= 15 is 0 Å². The van der Waals surface area contributed by atoms with Crippen molar-refractivity contribution in [1.29, 1.82) is 0 Å². The summed E-state index contributed by atoms with van der Waals surface area (Å²) in [5.41, 5.74) is 0.694. The van der Waals surface area contributed by atoms with E-state index in [4.69, 9.17) is 5.11 Å². The van der Waals surface area contributed by atoms with E-state index in [9.17, 15) is 9.18 Å². The fraction of sp³-hybridized carbons (Fsp3) is 0. The lowest BCUT2D eigenvalue weighted by molar-refractivity contribution is -0.131. The Labute approximate surface area is 81.0 Å². The zero-order valence-corrected chi connectivity index (χ0v) is 7.35. The molecule has 1 aromatic rings. The van der Waals surface area contributed by atoms with E-state index in [1.807, 2.05) is 0 Å². The minimum Gasteiger partial charge on any atom is -0.478 e. The molecule has 0 aliphatic carbocycles. The summed E-state index contributed by atoms with van der Waals surface area (Å²) in [5, 5.41) is 8.27. The molecule has 0 radical (unpaired) electrons. The summed E-state index contributed by atoms with van der Waals surface area (Å²) in [5.74, 6) is -1.32. The summed E-state index contributed by atoms with van der Waals surface area (Å²) in [7, 11) is 0. The molecule has 0 amide bonds. The SMILES string of the molecule is O=C(O)/C=C/C=C/c1cccc(F)c1. The number of carboxylic acid groups (broad SMARTS) is 1. The molecule has 0 aliphatic heterocycles. The van der Waals surface area contributed by atoms with Gasteiger partial charge in [-0.1, -0.05) is 30.4 Å². The van der Waals surface area contributed by atoms with Crippen molar-refractivity contribution in [3.63, 3.8) is 0 Å². The Morgan fingerprint density at radius 2 is 2.14 bits per heavy atom. The number of benzene rings is 1. The lowest BCUT2D eigenvalue weighted by atomic mass is 10.2. The Balaban J connectivity index is 2.64. The molecule has 0 unspecified atom stereocenters. The van der Waals surface area contributed by atoms with Crippen molar-refractivity contribution in [2.45, 2.75) is 0 Å². The first-order valence-corrected chi connectivity index (χ1v) is 4.02. The van der Waals surface area contributed by atoms with E-state index < -0.39 is 5.97 Å². The molecule has 0 heterocycles.